The van der Waals surface area contributed by atoms with Crippen molar-refractivity contribution in [1.29, 1.82) is 0 Å². The van der Waals surface area contributed by atoms with Crippen LogP contribution >= 0.6 is 0 Å². The minimum Gasteiger partial charge on any atom is -0.325 e. The van der Waals surface area contributed by atoms with Crippen LogP contribution in [-0.4, -0.2) is 33.4 Å². The van der Waals surface area contributed by atoms with Gasteiger partial charge in [0.05, 0.1) is 12.6 Å². The van der Waals surface area contributed by atoms with Gasteiger partial charge in [-0.15, -0.1) is 0 Å². The summed E-state index contributed by atoms with van der Waals surface area (Å²) in [6.07, 6.45) is 9.19. The van der Waals surface area contributed by atoms with Crippen molar-refractivity contribution in [2.24, 2.45) is 0 Å². The van der Waals surface area contributed by atoms with Gasteiger partial charge < -0.3 is 5.32 Å². The third-order valence-corrected chi connectivity index (χ3v) is 5.11. The predicted octanol–water partition coefficient (Wildman–Crippen LogP) is 3.35. The van der Waals surface area contributed by atoms with Crippen LogP contribution in [0.4, 0.5) is 5.69 Å². The standard InChI is InChI=1S/C20H24N4O/c25-20(23-17-9-7-16(8-10-17)15-5-6-15)18-4-1-2-13-24(18)14-19-21-11-3-12-22-19/h3,7-12,15,18H,1-2,4-6,13-14H2,(H,23,25)/t18-/m1/s1. The van der Waals surface area contributed by atoms with Gasteiger partial charge in [-0.05, 0) is 61.9 Å². The number of nitrogens with one attached hydrogen (secondary N) is 1. The molecule has 1 saturated heterocycles. The number of carbonyl (C=O) groups excluding carboxylic acids is 1. The Kier molecular flexibility index (Phi) is 4.74. The molecule has 5 heteroatoms. The summed E-state index contributed by atoms with van der Waals surface area (Å²) >= 11 is 0. The molecule has 1 atom stereocenters. The normalized spacial score (nSPS) is 21.0. The highest BCUT2D eigenvalue weighted by atomic mass is 16.2. The van der Waals surface area contributed by atoms with Crippen LogP contribution in [0.1, 0.15) is 49.4 Å². The van der Waals surface area contributed by atoms with E-state index in [0.29, 0.717) is 6.54 Å². The number of nitrogens with zero attached hydrogens (tertiary/aromatic N) is 3. The zero-order valence-corrected chi connectivity index (χ0v) is 14.4. The number of rotatable bonds is 5. The number of amides is 1. The van der Waals surface area contributed by atoms with Crippen LogP contribution in [0.25, 0.3) is 0 Å². The number of benzene rings is 1. The van der Waals surface area contributed by atoms with Crippen molar-refractivity contribution < 1.29 is 4.79 Å². The Morgan fingerprint density at radius 3 is 2.56 bits per heavy atom. The summed E-state index contributed by atoms with van der Waals surface area (Å²) in [7, 11) is 0. The Hall–Kier alpha value is -2.27. The monoisotopic (exact) mass is 336 g/mol. The molecule has 0 bridgehead atoms. The third kappa shape index (κ3) is 4.04. The Balaban J connectivity index is 1.41. The molecule has 0 spiro atoms. The Morgan fingerprint density at radius 1 is 1.08 bits per heavy atom. The molecule has 1 aromatic carbocycles. The van der Waals surface area contributed by atoms with Crippen molar-refractivity contribution in [3.8, 4) is 0 Å². The van der Waals surface area contributed by atoms with Gasteiger partial charge >= 0.3 is 0 Å². The summed E-state index contributed by atoms with van der Waals surface area (Å²) in [5, 5.41) is 3.09. The predicted molar refractivity (Wildman–Crippen MR) is 97.1 cm³/mol. The van der Waals surface area contributed by atoms with Crippen LogP contribution in [-0.2, 0) is 11.3 Å². The van der Waals surface area contributed by atoms with Gasteiger partial charge in [-0.2, -0.15) is 0 Å². The fourth-order valence-electron chi connectivity index (χ4n) is 3.55. The van der Waals surface area contributed by atoms with E-state index in [1.807, 2.05) is 18.2 Å². The zero-order valence-electron chi connectivity index (χ0n) is 14.4. The van der Waals surface area contributed by atoms with E-state index in [9.17, 15) is 4.79 Å². The van der Waals surface area contributed by atoms with Crippen molar-refractivity contribution in [1.82, 2.24) is 14.9 Å². The lowest BCUT2D eigenvalue weighted by Gasteiger charge is -2.34. The fourth-order valence-corrected chi connectivity index (χ4v) is 3.55. The molecule has 1 saturated carbocycles. The average Bonchev–Trinajstić information content (AvgIpc) is 3.49. The lowest BCUT2D eigenvalue weighted by molar-refractivity contribution is -0.122. The molecule has 1 aliphatic carbocycles. The van der Waals surface area contributed by atoms with Gasteiger partial charge in [0, 0.05) is 18.1 Å². The molecule has 2 fully saturated rings. The van der Waals surface area contributed by atoms with Gasteiger partial charge in [-0.25, -0.2) is 9.97 Å². The van der Waals surface area contributed by atoms with Crippen LogP contribution in [0.15, 0.2) is 42.7 Å². The van der Waals surface area contributed by atoms with Crippen molar-refractivity contribution >= 4 is 11.6 Å². The minimum absolute atomic E-state index is 0.0785. The average molecular weight is 336 g/mol. The molecule has 1 aromatic heterocycles. The van der Waals surface area contributed by atoms with E-state index in [4.69, 9.17) is 0 Å². The van der Waals surface area contributed by atoms with Crippen molar-refractivity contribution in [3.05, 3.63) is 54.1 Å². The summed E-state index contributed by atoms with van der Waals surface area (Å²) in [4.78, 5) is 23.6. The molecular formula is C20H24N4O. The third-order valence-electron chi connectivity index (χ3n) is 5.11. The van der Waals surface area contributed by atoms with E-state index in [1.54, 1.807) is 12.4 Å². The molecule has 4 rings (SSSR count). The minimum atomic E-state index is -0.110. The molecule has 25 heavy (non-hydrogen) atoms. The maximum atomic E-state index is 12.8. The van der Waals surface area contributed by atoms with E-state index >= 15 is 0 Å². The van der Waals surface area contributed by atoms with E-state index < -0.39 is 0 Å². The smallest absolute Gasteiger partial charge is 0.241 e. The maximum absolute atomic E-state index is 12.8. The van der Waals surface area contributed by atoms with Crippen LogP contribution in [0.3, 0.4) is 0 Å². The molecular weight excluding hydrogens is 312 g/mol. The first kappa shape index (κ1) is 16.2. The largest absolute Gasteiger partial charge is 0.325 e. The van der Waals surface area contributed by atoms with Crippen molar-refractivity contribution in [2.45, 2.75) is 50.6 Å². The highest BCUT2D eigenvalue weighted by molar-refractivity contribution is 5.94. The lowest BCUT2D eigenvalue weighted by Crippen LogP contribution is -2.46. The van der Waals surface area contributed by atoms with Gasteiger partial charge in [0.2, 0.25) is 5.91 Å². The zero-order chi connectivity index (χ0) is 17.1. The SMILES string of the molecule is O=C(Nc1ccc(C2CC2)cc1)[C@H]1CCCCN1Cc1ncccn1. The lowest BCUT2D eigenvalue weighted by atomic mass is 10.0. The molecule has 1 aliphatic heterocycles. The van der Waals surface area contributed by atoms with Crippen LogP contribution in [0.5, 0.6) is 0 Å². The number of likely N-dealkylation sites (tertiary alicyclic amines) is 1. The second-order valence-electron chi connectivity index (χ2n) is 7.03. The number of piperidine rings is 1. The van der Waals surface area contributed by atoms with Gasteiger partial charge in [-0.3, -0.25) is 9.69 Å². The Labute approximate surface area is 148 Å². The number of aromatic nitrogens is 2. The van der Waals surface area contributed by atoms with Gasteiger partial charge in [-0.1, -0.05) is 18.6 Å². The molecule has 2 aliphatic rings. The second-order valence-corrected chi connectivity index (χ2v) is 7.03. The number of hydrogen-bond acceptors (Lipinski definition) is 4. The Bertz CT molecular complexity index is 712. The number of hydrogen-bond donors (Lipinski definition) is 1. The first-order valence-corrected chi connectivity index (χ1v) is 9.20. The summed E-state index contributed by atoms with van der Waals surface area (Å²) in [5.41, 5.74) is 2.27. The summed E-state index contributed by atoms with van der Waals surface area (Å²) in [6, 6.07) is 10.0. The first-order chi connectivity index (χ1) is 12.3. The molecule has 1 N–H and O–H groups in total. The molecule has 5 nitrogen and oxygen atoms in total. The van der Waals surface area contributed by atoms with E-state index in [-0.39, 0.29) is 11.9 Å². The van der Waals surface area contributed by atoms with Gasteiger partial charge in [0.15, 0.2) is 0 Å². The van der Waals surface area contributed by atoms with Crippen LogP contribution < -0.4 is 5.32 Å². The van der Waals surface area contributed by atoms with E-state index in [1.165, 1.54) is 18.4 Å². The van der Waals surface area contributed by atoms with Crippen molar-refractivity contribution in [3.63, 3.8) is 0 Å². The molecule has 1 amide bonds. The molecule has 2 heterocycles. The molecule has 0 unspecified atom stereocenters. The number of anilines is 1. The van der Waals surface area contributed by atoms with E-state index in [0.717, 1.165) is 43.2 Å². The van der Waals surface area contributed by atoms with Crippen LogP contribution in [0, 0.1) is 0 Å². The molecule has 2 aromatic rings. The van der Waals surface area contributed by atoms with Gasteiger partial charge in [0.1, 0.15) is 5.82 Å². The summed E-state index contributed by atoms with van der Waals surface area (Å²) in [6.45, 7) is 1.54. The quantitative estimate of drug-likeness (QED) is 0.910. The maximum Gasteiger partial charge on any atom is 0.241 e. The number of carbonyl (C=O) groups is 1. The second kappa shape index (κ2) is 7.31. The highest BCUT2D eigenvalue weighted by Crippen LogP contribution is 2.40. The molecule has 0 radical (unpaired) electrons. The first-order valence-electron chi connectivity index (χ1n) is 9.20. The molecule has 130 valence electrons. The summed E-state index contributed by atoms with van der Waals surface area (Å²) in [5.74, 6) is 1.59. The highest BCUT2D eigenvalue weighted by Gasteiger charge is 2.29. The van der Waals surface area contributed by atoms with E-state index in [2.05, 4.69) is 32.3 Å². The fraction of sp³-hybridized carbons (Fsp3) is 0.450. The van der Waals surface area contributed by atoms with Crippen molar-refractivity contribution in [2.75, 3.05) is 11.9 Å². The van der Waals surface area contributed by atoms with Crippen LogP contribution in [0.2, 0.25) is 0 Å². The topological polar surface area (TPSA) is 58.1 Å². The van der Waals surface area contributed by atoms with Gasteiger partial charge in [0.25, 0.3) is 0 Å². The Morgan fingerprint density at radius 2 is 1.84 bits per heavy atom. The summed E-state index contributed by atoms with van der Waals surface area (Å²) < 4.78 is 0.